The summed E-state index contributed by atoms with van der Waals surface area (Å²) in [5.41, 5.74) is 1.80. The van der Waals surface area contributed by atoms with Crippen LogP contribution in [0.5, 0.6) is 17.2 Å². The molecule has 174 valence electrons. The molecule has 0 heterocycles. The monoisotopic (exact) mass is 524 g/mol. The number of benzene rings is 3. The molecular formula is C26H22BrFN2O4. The SMILES string of the molecule is CCOc1ccc(NC(=O)/C(C#N)=C\c2cc(OC)c(OCc3ccc(F)cc3)cc2Br)cc1. The number of rotatable bonds is 9. The molecule has 3 rings (SSSR count). The molecular weight excluding hydrogens is 503 g/mol. The van der Waals surface area contributed by atoms with E-state index in [4.69, 9.17) is 14.2 Å². The molecule has 0 unspecified atom stereocenters. The Morgan fingerprint density at radius 3 is 2.41 bits per heavy atom. The standard InChI is InChI=1S/C26H22BrFN2O4/c1-3-33-22-10-8-21(9-11-22)30-26(31)19(15-29)12-18-13-24(32-2)25(14-23(18)27)34-16-17-4-6-20(28)7-5-17/h4-14H,3,16H2,1-2H3,(H,30,31)/b19-12-. The van der Waals surface area contributed by atoms with E-state index in [2.05, 4.69) is 21.2 Å². The van der Waals surface area contributed by atoms with Crippen molar-refractivity contribution in [1.29, 1.82) is 5.26 Å². The van der Waals surface area contributed by atoms with E-state index >= 15 is 0 Å². The average Bonchev–Trinajstić information content (AvgIpc) is 2.84. The molecule has 34 heavy (non-hydrogen) atoms. The van der Waals surface area contributed by atoms with Crippen LogP contribution in [0.2, 0.25) is 0 Å². The number of amides is 1. The van der Waals surface area contributed by atoms with Crippen LogP contribution in [0.4, 0.5) is 10.1 Å². The molecule has 0 fully saturated rings. The van der Waals surface area contributed by atoms with E-state index in [1.165, 1.54) is 25.3 Å². The van der Waals surface area contributed by atoms with Gasteiger partial charge < -0.3 is 19.5 Å². The first-order valence-electron chi connectivity index (χ1n) is 10.3. The summed E-state index contributed by atoms with van der Waals surface area (Å²) in [4.78, 5) is 12.6. The highest BCUT2D eigenvalue weighted by Gasteiger charge is 2.14. The van der Waals surface area contributed by atoms with E-state index in [1.807, 2.05) is 13.0 Å². The summed E-state index contributed by atoms with van der Waals surface area (Å²) in [6.45, 7) is 2.64. The van der Waals surface area contributed by atoms with Gasteiger partial charge in [-0.05, 0) is 72.7 Å². The number of nitrogens with one attached hydrogen (secondary N) is 1. The lowest BCUT2D eigenvalue weighted by Crippen LogP contribution is -2.13. The van der Waals surface area contributed by atoms with Gasteiger partial charge >= 0.3 is 0 Å². The van der Waals surface area contributed by atoms with Gasteiger partial charge in [-0.2, -0.15) is 5.26 Å². The number of ether oxygens (including phenoxy) is 3. The fourth-order valence-corrected chi connectivity index (χ4v) is 3.42. The highest BCUT2D eigenvalue weighted by atomic mass is 79.9. The minimum atomic E-state index is -0.547. The molecule has 0 radical (unpaired) electrons. The molecule has 0 saturated heterocycles. The van der Waals surface area contributed by atoms with E-state index in [-0.39, 0.29) is 18.0 Å². The van der Waals surface area contributed by atoms with Crippen LogP contribution in [0, 0.1) is 17.1 Å². The zero-order chi connectivity index (χ0) is 24.5. The highest BCUT2D eigenvalue weighted by molar-refractivity contribution is 9.10. The number of carbonyl (C=O) groups is 1. The number of methoxy groups -OCH3 is 1. The van der Waals surface area contributed by atoms with E-state index in [1.54, 1.807) is 48.5 Å². The lowest BCUT2D eigenvalue weighted by Gasteiger charge is -2.13. The third-order valence-corrected chi connectivity index (χ3v) is 5.37. The average molecular weight is 525 g/mol. The van der Waals surface area contributed by atoms with Crippen molar-refractivity contribution in [3.63, 3.8) is 0 Å². The maximum atomic E-state index is 13.1. The number of halogens is 2. The molecule has 0 saturated carbocycles. The van der Waals surface area contributed by atoms with Crippen molar-refractivity contribution in [2.24, 2.45) is 0 Å². The zero-order valence-corrected chi connectivity index (χ0v) is 20.2. The van der Waals surface area contributed by atoms with Crippen molar-refractivity contribution in [2.75, 3.05) is 19.0 Å². The van der Waals surface area contributed by atoms with E-state index < -0.39 is 5.91 Å². The van der Waals surface area contributed by atoms with Crippen LogP contribution >= 0.6 is 15.9 Å². The second-order valence-corrected chi connectivity index (χ2v) is 7.88. The fraction of sp³-hybridized carbons (Fsp3) is 0.154. The Balaban J connectivity index is 1.77. The van der Waals surface area contributed by atoms with Gasteiger partial charge in [-0.1, -0.05) is 28.1 Å². The molecule has 1 N–H and O–H groups in total. The maximum absolute atomic E-state index is 13.1. The Morgan fingerprint density at radius 2 is 1.79 bits per heavy atom. The van der Waals surface area contributed by atoms with Gasteiger partial charge in [-0.15, -0.1) is 0 Å². The van der Waals surface area contributed by atoms with Gasteiger partial charge in [0.05, 0.1) is 13.7 Å². The number of hydrogen-bond acceptors (Lipinski definition) is 5. The Labute approximate surface area is 205 Å². The second kappa shape index (κ2) is 11.9. The lowest BCUT2D eigenvalue weighted by molar-refractivity contribution is -0.112. The first-order chi connectivity index (χ1) is 16.4. The van der Waals surface area contributed by atoms with Crippen molar-refractivity contribution in [1.82, 2.24) is 0 Å². The number of anilines is 1. The minimum absolute atomic E-state index is 0.0865. The van der Waals surface area contributed by atoms with Crippen LogP contribution in [-0.2, 0) is 11.4 Å². The van der Waals surface area contributed by atoms with Crippen LogP contribution in [0.25, 0.3) is 6.08 Å². The van der Waals surface area contributed by atoms with Crippen LogP contribution in [0.1, 0.15) is 18.1 Å². The molecule has 0 aliphatic heterocycles. The summed E-state index contributed by atoms with van der Waals surface area (Å²) < 4.78 is 30.3. The number of nitriles is 1. The quantitative estimate of drug-likeness (QED) is 0.269. The number of nitrogens with zero attached hydrogens (tertiary/aromatic N) is 1. The van der Waals surface area contributed by atoms with Crippen LogP contribution in [-0.4, -0.2) is 19.6 Å². The third-order valence-electron chi connectivity index (χ3n) is 4.68. The third kappa shape index (κ3) is 6.59. The second-order valence-electron chi connectivity index (χ2n) is 7.02. The molecule has 0 spiro atoms. The van der Waals surface area contributed by atoms with Gasteiger partial charge in [-0.3, -0.25) is 4.79 Å². The van der Waals surface area contributed by atoms with Crippen molar-refractivity contribution in [3.05, 3.63) is 87.7 Å². The van der Waals surface area contributed by atoms with Crippen molar-refractivity contribution in [2.45, 2.75) is 13.5 Å². The van der Waals surface area contributed by atoms with Gasteiger partial charge in [0.1, 0.15) is 29.8 Å². The Hall–Kier alpha value is -3.83. The van der Waals surface area contributed by atoms with Crippen LogP contribution < -0.4 is 19.5 Å². The molecule has 8 heteroatoms. The molecule has 1 amide bonds. The smallest absolute Gasteiger partial charge is 0.266 e. The molecule has 0 aliphatic carbocycles. The molecule has 0 aliphatic rings. The summed E-state index contributed by atoms with van der Waals surface area (Å²) in [6, 6.07) is 18.1. The number of hydrogen-bond donors (Lipinski definition) is 1. The Kier molecular flexibility index (Phi) is 8.66. The predicted molar refractivity (Wildman–Crippen MR) is 131 cm³/mol. The first-order valence-corrected chi connectivity index (χ1v) is 11.1. The van der Waals surface area contributed by atoms with Crippen LogP contribution in [0.15, 0.2) is 70.7 Å². The summed E-state index contributed by atoms with van der Waals surface area (Å²) >= 11 is 3.46. The fourth-order valence-electron chi connectivity index (χ4n) is 2.98. The maximum Gasteiger partial charge on any atom is 0.266 e. The molecule has 0 bridgehead atoms. The molecule has 0 aromatic heterocycles. The predicted octanol–water partition coefficient (Wildman–Crippen LogP) is 6.12. The van der Waals surface area contributed by atoms with Gasteiger partial charge in [0.15, 0.2) is 11.5 Å². The summed E-state index contributed by atoms with van der Waals surface area (Å²) in [5, 5.41) is 12.3. The normalized spacial score (nSPS) is 10.9. The summed E-state index contributed by atoms with van der Waals surface area (Å²) in [5.74, 6) is 0.692. The number of carbonyl (C=O) groups excluding carboxylic acids is 1. The van der Waals surface area contributed by atoms with E-state index in [9.17, 15) is 14.4 Å². The molecule has 0 atom stereocenters. The van der Waals surface area contributed by atoms with Gasteiger partial charge in [0.2, 0.25) is 0 Å². The zero-order valence-electron chi connectivity index (χ0n) is 18.6. The summed E-state index contributed by atoms with van der Waals surface area (Å²) in [6.07, 6.45) is 1.46. The van der Waals surface area contributed by atoms with Gasteiger partial charge in [0.25, 0.3) is 5.91 Å². The Morgan fingerprint density at radius 1 is 1.09 bits per heavy atom. The molecule has 6 nitrogen and oxygen atoms in total. The minimum Gasteiger partial charge on any atom is -0.494 e. The van der Waals surface area contributed by atoms with Gasteiger partial charge in [-0.25, -0.2) is 4.39 Å². The van der Waals surface area contributed by atoms with Gasteiger partial charge in [0, 0.05) is 10.2 Å². The van der Waals surface area contributed by atoms with E-state index in [0.717, 1.165) is 5.56 Å². The molecule has 3 aromatic rings. The van der Waals surface area contributed by atoms with Crippen molar-refractivity contribution in [3.8, 4) is 23.3 Å². The van der Waals surface area contributed by atoms with Crippen molar-refractivity contribution >= 4 is 33.6 Å². The van der Waals surface area contributed by atoms with Crippen LogP contribution in [0.3, 0.4) is 0 Å². The summed E-state index contributed by atoms with van der Waals surface area (Å²) in [7, 11) is 1.49. The Bertz CT molecular complexity index is 1220. The molecule has 3 aromatic carbocycles. The lowest BCUT2D eigenvalue weighted by atomic mass is 10.1. The van der Waals surface area contributed by atoms with Crippen molar-refractivity contribution < 1.29 is 23.4 Å². The largest absolute Gasteiger partial charge is 0.494 e. The highest BCUT2D eigenvalue weighted by Crippen LogP contribution is 2.35. The topological polar surface area (TPSA) is 80.6 Å². The first kappa shape index (κ1) is 24.8. The van der Waals surface area contributed by atoms with E-state index in [0.29, 0.717) is 39.6 Å².